The van der Waals surface area contributed by atoms with Gasteiger partial charge in [0.25, 0.3) is 5.91 Å². The molecule has 2 rings (SSSR count). The van der Waals surface area contributed by atoms with Crippen LogP contribution in [0.1, 0.15) is 22.8 Å². The van der Waals surface area contributed by atoms with Gasteiger partial charge in [0.1, 0.15) is 11.5 Å². The van der Waals surface area contributed by atoms with E-state index in [1.807, 2.05) is 37.3 Å². The molecular weight excluding hydrogens is 254 g/mol. The van der Waals surface area contributed by atoms with Gasteiger partial charge in [-0.25, -0.2) is 0 Å². The van der Waals surface area contributed by atoms with Gasteiger partial charge in [0.2, 0.25) is 0 Å². The van der Waals surface area contributed by atoms with Crippen LogP contribution in [0.15, 0.2) is 48.5 Å². The average Bonchev–Trinajstić information content (AvgIpc) is 2.47. The molecule has 0 aliphatic heterocycles. The van der Waals surface area contributed by atoms with Crippen molar-refractivity contribution in [3.8, 4) is 11.5 Å². The summed E-state index contributed by atoms with van der Waals surface area (Å²) in [5.41, 5.74) is 1.13. The molecule has 20 heavy (non-hydrogen) atoms. The summed E-state index contributed by atoms with van der Waals surface area (Å²) in [7, 11) is 0. The number of rotatable bonds is 4. The second kappa shape index (κ2) is 6.10. The van der Waals surface area contributed by atoms with E-state index in [1.165, 1.54) is 18.2 Å². The summed E-state index contributed by atoms with van der Waals surface area (Å²) >= 11 is 0. The quantitative estimate of drug-likeness (QED) is 0.841. The smallest absolute Gasteiger partial charge is 0.258 e. The number of carbonyl (C=O) groups is 1. The van der Waals surface area contributed by atoms with E-state index in [1.54, 1.807) is 4.90 Å². The van der Waals surface area contributed by atoms with Gasteiger partial charge in [0, 0.05) is 13.1 Å². The lowest BCUT2D eigenvalue weighted by Gasteiger charge is -2.21. The Balaban J connectivity index is 2.23. The van der Waals surface area contributed by atoms with E-state index in [0.717, 1.165) is 5.56 Å². The van der Waals surface area contributed by atoms with E-state index in [-0.39, 0.29) is 23.0 Å². The van der Waals surface area contributed by atoms with Crippen LogP contribution in [0.5, 0.6) is 11.5 Å². The van der Waals surface area contributed by atoms with Gasteiger partial charge >= 0.3 is 0 Å². The molecule has 4 heteroatoms. The van der Waals surface area contributed by atoms with Crippen molar-refractivity contribution in [2.24, 2.45) is 0 Å². The van der Waals surface area contributed by atoms with Crippen LogP contribution < -0.4 is 0 Å². The highest BCUT2D eigenvalue weighted by Gasteiger charge is 2.18. The van der Waals surface area contributed by atoms with Crippen molar-refractivity contribution in [1.82, 2.24) is 4.90 Å². The molecule has 0 aliphatic carbocycles. The Morgan fingerprint density at radius 2 is 1.80 bits per heavy atom. The first kappa shape index (κ1) is 13.9. The summed E-state index contributed by atoms with van der Waals surface area (Å²) in [4.78, 5) is 14.0. The number of hydrogen-bond donors (Lipinski definition) is 2. The molecule has 0 aliphatic rings. The maximum atomic E-state index is 12.4. The highest BCUT2D eigenvalue weighted by molar-refractivity contribution is 5.97. The third-order valence-electron chi connectivity index (χ3n) is 3.10. The first-order valence-electron chi connectivity index (χ1n) is 6.47. The Bertz CT molecular complexity index is 596. The Morgan fingerprint density at radius 1 is 1.10 bits per heavy atom. The van der Waals surface area contributed by atoms with Crippen LogP contribution in [-0.2, 0) is 6.54 Å². The number of nitrogens with zero attached hydrogens (tertiary/aromatic N) is 1. The predicted molar refractivity (Wildman–Crippen MR) is 76.6 cm³/mol. The molecule has 4 nitrogen and oxygen atoms in total. The predicted octanol–water partition coefficient (Wildman–Crippen LogP) is 2.76. The van der Waals surface area contributed by atoms with E-state index in [4.69, 9.17) is 0 Å². The van der Waals surface area contributed by atoms with Gasteiger partial charge in [-0.2, -0.15) is 0 Å². The van der Waals surface area contributed by atoms with Crippen molar-refractivity contribution in [2.45, 2.75) is 13.5 Å². The molecule has 0 saturated heterocycles. The van der Waals surface area contributed by atoms with Crippen LogP contribution in [0.4, 0.5) is 0 Å². The molecule has 104 valence electrons. The van der Waals surface area contributed by atoms with Crippen LogP contribution in [-0.4, -0.2) is 27.6 Å². The zero-order valence-corrected chi connectivity index (χ0v) is 11.3. The third kappa shape index (κ3) is 3.09. The first-order chi connectivity index (χ1) is 9.61. The third-order valence-corrected chi connectivity index (χ3v) is 3.10. The van der Waals surface area contributed by atoms with Gasteiger partial charge in [-0.05, 0) is 30.7 Å². The van der Waals surface area contributed by atoms with Crippen molar-refractivity contribution in [3.05, 3.63) is 59.7 Å². The number of aromatic hydroxyl groups is 2. The lowest BCUT2D eigenvalue weighted by Crippen LogP contribution is -2.30. The van der Waals surface area contributed by atoms with Crippen LogP contribution >= 0.6 is 0 Å². The van der Waals surface area contributed by atoms with Gasteiger partial charge in [0.15, 0.2) is 0 Å². The number of benzene rings is 2. The number of carbonyl (C=O) groups excluding carboxylic acids is 1. The monoisotopic (exact) mass is 271 g/mol. The molecule has 0 spiro atoms. The maximum absolute atomic E-state index is 12.4. The highest BCUT2D eigenvalue weighted by atomic mass is 16.3. The van der Waals surface area contributed by atoms with Gasteiger partial charge in [-0.3, -0.25) is 4.79 Å². The molecule has 0 saturated carbocycles. The summed E-state index contributed by atoms with van der Waals surface area (Å²) < 4.78 is 0. The van der Waals surface area contributed by atoms with Gasteiger partial charge in [-0.1, -0.05) is 30.3 Å². The van der Waals surface area contributed by atoms with E-state index < -0.39 is 0 Å². The van der Waals surface area contributed by atoms with Crippen LogP contribution in [0.2, 0.25) is 0 Å². The Hall–Kier alpha value is -2.49. The summed E-state index contributed by atoms with van der Waals surface area (Å²) in [6, 6.07) is 13.6. The fourth-order valence-electron chi connectivity index (χ4n) is 2.00. The number of amides is 1. The average molecular weight is 271 g/mol. The first-order valence-corrected chi connectivity index (χ1v) is 6.47. The Labute approximate surface area is 117 Å². The molecule has 0 radical (unpaired) electrons. The molecule has 2 N–H and O–H groups in total. The van der Waals surface area contributed by atoms with E-state index in [0.29, 0.717) is 13.1 Å². The van der Waals surface area contributed by atoms with Crippen molar-refractivity contribution in [3.63, 3.8) is 0 Å². The van der Waals surface area contributed by atoms with E-state index >= 15 is 0 Å². The lowest BCUT2D eigenvalue weighted by molar-refractivity contribution is 0.0749. The van der Waals surface area contributed by atoms with Crippen molar-refractivity contribution >= 4 is 5.91 Å². The fourth-order valence-corrected chi connectivity index (χ4v) is 2.00. The van der Waals surface area contributed by atoms with Gasteiger partial charge < -0.3 is 15.1 Å². The number of phenols is 2. The second-order valence-corrected chi connectivity index (χ2v) is 4.51. The largest absolute Gasteiger partial charge is 0.508 e. The molecule has 0 aromatic heterocycles. The fraction of sp³-hybridized carbons (Fsp3) is 0.188. The lowest BCUT2D eigenvalue weighted by atomic mass is 10.1. The highest BCUT2D eigenvalue weighted by Crippen LogP contribution is 2.24. The maximum Gasteiger partial charge on any atom is 0.258 e. The SMILES string of the molecule is CCN(Cc1ccccc1)C(=O)c1cc(O)ccc1O. The van der Waals surface area contributed by atoms with E-state index in [2.05, 4.69) is 0 Å². The normalized spacial score (nSPS) is 10.2. The van der Waals surface area contributed by atoms with Crippen LogP contribution in [0.3, 0.4) is 0 Å². The zero-order chi connectivity index (χ0) is 14.5. The Morgan fingerprint density at radius 3 is 2.45 bits per heavy atom. The summed E-state index contributed by atoms with van der Waals surface area (Å²) in [5, 5.41) is 19.2. The molecule has 0 unspecified atom stereocenters. The molecule has 2 aromatic rings. The standard InChI is InChI=1S/C16H17NO3/c1-2-17(11-12-6-4-3-5-7-12)16(20)14-10-13(18)8-9-15(14)19/h3-10,18-19H,2,11H2,1H3. The molecule has 0 heterocycles. The second-order valence-electron chi connectivity index (χ2n) is 4.51. The minimum atomic E-state index is -0.301. The van der Waals surface area contributed by atoms with Gasteiger partial charge in [0.05, 0.1) is 5.56 Å². The molecule has 0 fully saturated rings. The minimum Gasteiger partial charge on any atom is -0.508 e. The summed E-state index contributed by atoms with van der Waals surface area (Å²) in [5.74, 6) is -0.467. The summed E-state index contributed by atoms with van der Waals surface area (Å²) in [6.07, 6.45) is 0. The minimum absolute atomic E-state index is 0.0399. The number of phenolic OH excluding ortho intramolecular Hbond substituents is 2. The molecule has 2 aromatic carbocycles. The van der Waals surface area contributed by atoms with Crippen molar-refractivity contribution in [1.29, 1.82) is 0 Å². The topological polar surface area (TPSA) is 60.8 Å². The van der Waals surface area contributed by atoms with Crippen LogP contribution in [0, 0.1) is 0 Å². The molecule has 0 bridgehead atoms. The zero-order valence-electron chi connectivity index (χ0n) is 11.3. The number of hydrogen-bond acceptors (Lipinski definition) is 3. The van der Waals surface area contributed by atoms with Crippen LogP contribution in [0.25, 0.3) is 0 Å². The molecular formula is C16H17NO3. The Kier molecular flexibility index (Phi) is 4.25. The van der Waals surface area contributed by atoms with Crippen molar-refractivity contribution < 1.29 is 15.0 Å². The molecule has 1 amide bonds. The van der Waals surface area contributed by atoms with Gasteiger partial charge in [-0.15, -0.1) is 0 Å². The summed E-state index contributed by atoms with van der Waals surface area (Å²) in [6.45, 7) is 2.86. The van der Waals surface area contributed by atoms with Crippen molar-refractivity contribution in [2.75, 3.05) is 6.54 Å². The molecule has 0 atom stereocenters. The van der Waals surface area contributed by atoms with E-state index in [9.17, 15) is 15.0 Å².